The maximum absolute atomic E-state index is 12.5. The van der Waals surface area contributed by atoms with Gasteiger partial charge in [-0.2, -0.15) is 0 Å². The molecule has 1 aromatic carbocycles. The average Bonchev–Trinajstić information content (AvgIpc) is 3.04. The van der Waals surface area contributed by atoms with Crippen molar-refractivity contribution in [3.63, 3.8) is 0 Å². The van der Waals surface area contributed by atoms with Crippen LogP contribution < -0.4 is 14.8 Å². The normalized spacial score (nSPS) is 16.2. The van der Waals surface area contributed by atoms with Crippen LogP contribution in [0.5, 0.6) is 11.5 Å². The fourth-order valence-electron chi connectivity index (χ4n) is 3.32. The van der Waals surface area contributed by atoms with Crippen LogP contribution in [-0.4, -0.2) is 26.7 Å². The lowest BCUT2D eigenvalue weighted by Crippen LogP contribution is -2.26. The quantitative estimate of drug-likeness (QED) is 0.852. The Labute approximate surface area is 153 Å². The molecule has 1 aliphatic rings. The molecule has 5 heteroatoms. The molecular weight excluding hydrogens is 334 g/mol. The van der Waals surface area contributed by atoms with Crippen LogP contribution in [0.3, 0.4) is 0 Å². The molecule has 1 unspecified atom stereocenters. The van der Waals surface area contributed by atoms with Gasteiger partial charge in [-0.1, -0.05) is 13.0 Å². The van der Waals surface area contributed by atoms with Crippen molar-refractivity contribution in [2.75, 3.05) is 20.8 Å². The minimum absolute atomic E-state index is 0.0486. The number of fused-ring (bicyclic) bond motifs is 1. The summed E-state index contributed by atoms with van der Waals surface area (Å²) in [6.45, 7) is 2.89. The summed E-state index contributed by atoms with van der Waals surface area (Å²) < 4.78 is 10.6. The van der Waals surface area contributed by atoms with Crippen molar-refractivity contribution in [2.45, 2.75) is 32.6 Å². The Balaban J connectivity index is 1.58. The highest BCUT2D eigenvalue weighted by Crippen LogP contribution is 2.32. The largest absolute Gasteiger partial charge is 0.493 e. The number of carbonyl (C=O) groups excluding carboxylic acids is 1. The molecular formula is C20H25NO3S. The summed E-state index contributed by atoms with van der Waals surface area (Å²) in [5, 5.41) is 5.08. The highest BCUT2D eigenvalue weighted by molar-refractivity contribution is 7.10. The molecule has 1 N–H and O–H groups in total. The maximum atomic E-state index is 12.5. The molecule has 25 heavy (non-hydrogen) atoms. The van der Waals surface area contributed by atoms with Gasteiger partial charge in [0, 0.05) is 16.8 Å². The van der Waals surface area contributed by atoms with Gasteiger partial charge in [-0.25, -0.2) is 0 Å². The number of nitrogens with one attached hydrogen (secondary N) is 1. The number of methoxy groups -OCH3 is 2. The van der Waals surface area contributed by atoms with Crippen molar-refractivity contribution >= 4 is 17.2 Å². The third-order valence-corrected chi connectivity index (χ3v) is 5.84. The molecule has 1 aliphatic carbocycles. The van der Waals surface area contributed by atoms with E-state index in [4.69, 9.17) is 9.47 Å². The van der Waals surface area contributed by atoms with E-state index in [9.17, 15) is 4.79 Å². The smallest absolute Gasteiger partial charge is 0.252 e. The lowest BCUT2D eigenvalue weighted by Gasteiger charge is -2.18. The van der Waals surface area contributed by atoms with E-state index in [-0.39, 0.29) is 5.91 Å². The number of carbonyl (C=O) groups is 1. The van der Waals surface area contributed by atoms with Crippen molar-refractivity contribution in [3.05, 3.63) is 45.1 Å². The van der Waals surface area contributed by atoms with Crippen molar-refractivity contribution in [1.29, 1.82) is 0 Å². The fourth-order valence-corrected chi connectivity index (χ4v) is 4.56. The Hall–Kier alpha value is -2.01. The third kappa shape index (κ3) is 3.98. The molecule has 1 aromatic heterocycles. The standard InChI is InChI=1S/C20H25NO3S/c1-13-4-6-15-16(12-25-19(15)10-13)20(22)21-9-8-14-5-7-17(23-2)18(11-14)24-3/h5,7,11-13H,4,6,8-10H2,1-3H3,(H,21,22). The number of hydrogen-bond donors (Lipinski definition) is 1. The number of hydrogen-bond acceptors (Lipinski definition) is 4. The number of thiophene rings is 1. The zero-order valence-electron chi connectivity index (χ0n) is 15.1. The molecule has 0 aliphatic heterocycles. The molecule has 3 rings (SSSR count). The second-order valence-electron chi connectivity index (χ2n) is 6.59. The van der Waals surface area contributed by atoms with E-state index in [1.54, 1.807) is 25.6 Å². The lowest BCUT2D eigenvalue weighted by molar-refractivity contribution is 0.0953. The first-order chi connectivity index (χ1) is 12.1. The number of benzene rings is 1. The Morgan fingerprint density at radius 3 is 2.84 bits per heavy atom. The molecule has 0 radical (unpaired) electrons. The molecule has 0 bridgehead atoms. The van der Waals surface area contributed by atoms with Gasteiger partial charge in [0.2, 0.25) is 0 Å². The SMILES string of the molecule is COc1ccc(CCNC(=O)c2csc3c2CCC(C)C3)cc1OC. The van der Waals surface area contributed by atoms with Crippen molar-refractivity contribution in [1.82, 2.24) is 5.32 Å². The van der Waals surface area contributed by atoms with Crippen molar-refractivity contribution < 1.29 is 14.3 Å². The highest BCUT2D eigenvalue weighted by atomic mass is 32.1. The summed E-state index contributed by atoms with van der Waals surface area (Å²) in [5.41, 5.74) is 3.25. The van der Waals surface area contributed by atoms with Crippen LogP contribution in [0.4, 0.5) is 0 Å². The first kappa shape index (κ1) is 17.8. The van der Waals surface area contributed by atoms with Gasteiger partial charge in [0.1, 0.15) is 0 Å². The van der Waals surface area contributed by atoms with Gasteiger partial charge < -0.3 is 14.8 Å². The predicted molar refractivity (Wildman–Crippen MR) is 101 cm³/mol. The van der Waals surface area contributed by atoms with Crippen LogP contribution in [0.1, 0.15) is 39.7 Å². The molecule has 1 atom stereocenters. The van der Waals surface area contributed by atoms with Gasteiger partial charge in [-0.3, -0.25) is 4.79 Å². The van der Waals surface area contributed by atoms with Gasteiger partial charge in [-0.15, -0.1) is 11.3 Å². The lowest BCUT2D eigenvalue weighted by atomic mass is 9.88. The van der Waals surface area contributed by atoms with Gasteiger partial charge in [0.15, 0.2) is 11.5 Å². The Bertz CT molecular complexity index is 753. The van der Waals surface area contributed by atoms with E-state index in [0.717, 1.165) is 42.1 Å². The minimum Gasteiger partial charge on any atom is -0.493 e. The number of ether oxygens (including phenoxy) is 2. The second-order valence-corrected chi connectivity index (χ2v) is 7.56. The van der Waals surface area contributed by atoms with Crippen LogP contribution in [0.15, 0.2) is 23.6 Å². The third-order valence-electron chi connectivity index (χ3n) is 4.79. The Morgan fingerprint density at radius 1 is 1.28 bits per heavy atom. The van der Waals surface area contributed by atoms with Gasteiger partial charge >= 0.3 is 0 Å². The topological polar surface area (TPSA) is 47.6 Å². The zero-order valence-corrected chi connectivity index (χ0v) is 15.9. The zero-order chi connectivity index (χ0) is 17.8. The number of amides is 1. The van der Waals surface area contributed by atoms with Crippen LogP contribution in [0.25, 0.3) is 0 Å². The number of rotatable bonds is 6. The molecule has 0 spiro atoms. The monoisotopic (exact) mass is 359 g/mol. The van der Waals surface area contributed by atoms with Crippen LogP contribution in [0, 0.1) is 5.92 Å². The molecule has 2 aromatic rings. The maximum Gasteiger partial charge on any atom is 0.252 e. The van der Waals surface area contributed by atoms with E-state index in [2.05, 4.69) is 12.2 Å². The van der Waals surface area contributed by atoms with E-state index in [1.807, 2.05) is 23.6 Å². The predicted octanol–water partition coefficient (Wildman–Crippen LogP) is 3.86. The molecule has 0 saturated heterocycles. The molecule has 134 valence electrons. The molecule has 0 fully saturated rings. The van der Waals surface area contributed by atoms with Crippen molar-refractivity contribution in [3.8, 4) is 11.5 Å². The van der Waals surface area contributed by atoms with Gasteiger partial charge in [-0.05, 0) is 54.9 Å². The summed E-state index contributed by atoms with van der Waals surface area (Å²) in [5.74, 6) is 2.21. The summed E-state index contributed by atoms with van der Waals surface area (Å²) in [7, 11) is 3.25. The molecule has 0 saturated carbocycles. The highest BCUT2D eigenvalue weighted by Gasteiger charge is 2.22. The summed E-state index contributed by atoms with van der Waals surface area (Å²) in [6.07, 6.45) is 4.07. The van der Waals surface area contributed by atoms with Crippen LogP contribution >= 0.6 is 11.3 Å². The first-order valence-electron chi connectivity index (χ1n) is 8.70. The Morgan fingerprint density at radius 2 is 2.08 bits per heavy atom. The van der Waals surface area contributed by atoms with E-state index in [1.165, 1.54) is 16.9 Å². The summed E-state index contributed by atoms with van der Waals surface area (Å²) >= 11 is 1.73. The second kappa shape index (κ2) is 7.91. The van der Waals surface area contributed by atoms with E-state index < -0.39 is 0 Å². The van der Waals surface area contributed by atoms with Crippen molar-refractivity contribution in [2.24, 2.45) is 5.92 Å². The van der Waals surface area contributed by atoms with Gasteiger partial charge in [0.25, 0.3) is 5.91 Å². The van der Waals surface area contributed by atoms with Crippen LogP contribution in [0.2, 0.25) is 0 Å². The summed E-state index contributed by atoms with van der Waals surface area (Å²) in [6, 6.07) is 5.85. The summed E-state index contributed by atoms with van der Waals surface area (Å²) in [4.78, 5) is 13.9. The Kier molecular flexibility index (Phi) is 5.63. The van der Waals surface area contributed by atoms with E-state index in [0.29, 0.717) is 12.3 Å². The fraction of sp³-hybridized carbons (Fsp3) is 0.450. The van der Waals surface area contributed by atoms with Crippen LogP contribution in [-0.2, 0) is 19.3 Å². The minimum atomic E-state index is 0.0486. The molecule has 1 heterocycles. The van der Waals surface area contributed by atoms with E-state index >= 15 is 0 Å². The molecule has 1 amide bonds. The average molecular weight is 359 g/mol. The first-order valence-corrected chi connectivity index (χ1v) is 9.58. The van der Waals surface area contributed by atoms with Gasteiger partial charge in [0.05, 0.1) is 19.8 Å². The molecule has 4 nitrogen and oxygen atoms in total.